The van der Waals surface area contributed by atoms with Gasteiger partial charge in [0, 0.05) is 46.0 Å². The highest BCUT2D eigenvalue weighted by atomic mass is 16.6. The van der Waals surface area contributed by atoms with Crippen LogP contribution in [0.1, 0.15) is 48.1 Å². The first-order valence-corrected chi connectivity index (χ1v) is 14.1. The van der Waals surface area contributed by atoms with E-state index in [1.165, 1.54) is 38.5 Å². The fourth-order valence-corrected chi connectivity index (χ4v) is 7.29. The SMILES string of the molecule is COc1ccc(OC)c([C@H]2[C@H](C(=O)c3cccc([N+](=O)[O-])c3)N3c4ccccc4C=C[C@@H]3C23C(=O)c2ccccc2C3=O)c1. The fraction of sp³-hybridized carbons (Fsp3) is 0.171. The Balaban J connectivity index is 1.58. The second kappa shape index (κ2) is 10.0. The van der Waals surface area contributed by atoms with Gasteiger partial charge in [0.05, 0.1) is 25.2 Å². The van der Waals surface area contributed by atoms with Gasteiger partial charge in [-0.1, -0.05) is 66.7 Å². The largest absolute Gasteiger partial charge is 0.497 e. The lowest BCUT2D eigenvalue weighted by molar-refractivity contribution is -0.384. The predicted octanol–water partition coefficient (Wildman–Crippen LogP) is 5.93. The summed E-state index contributed by atoms with van der Waals surface area (Å²) in [6.45, 7) is 0. The number of carbonyl (C=O) groups excluding carboxylic acids is 3. The average molecular weight is 587 g/mol. The van der Waals surface area contributed by atoms with E-state index < -0.39 is 34.1 Å². The number of ketones is 3. The Kier molecular flexibility index (Phi) is 6.21. The molecule has 3 atom stereocenters. The molecule has 1 spiro atoms. The number of anilines is 1. The summed E-state index contributed by atoms with van der Waals surface area (Å²) >= 11 is 0. The van der Waals surface area contributed by atoms with Gasteiger partial charge < -0.3 is 14.4 Å². The van der Waals surface area contributed by atoms with Gasteiger partial charge in [-0.3, -0.25) is 24.5 Å². The molecule has 0 saturated carbocycles. The smallest absolute Gasteiger partial charge is 0.270 e. The second-order valence-electron chi connectivity index (χ2n) is 11.0. The average Bonchev–Trinajstić information content (AvgIpc) is 3.50. The summed E-state index contributed by atoms with van der Waals surface area (Å²) in [5.41, 5.74) is 0.609. The molecule has 1 aliphatic carbocycles. The topological polar surface area (TPSA) is 116 Å². The number of rotatable bonds is 6. The first kappa shape index (κ1) is 27.3. The van der Waals surface area contributed by atoms with Crippen LogP contribution in [0.5, 0.6) is 11.5 Å². The Morgan fingerprint density at radius 2 is 1.57 bits per heavy atom. The molecule has 1 fully saturated rings. The second-order valence-corrected chi connectivity index (χ2v) is 11.0. The Labute approximate surface area is 252 Å². The molecule has 9 heteroatoms. The number of nitro benzene ring substituents is 1. The van der Waals surface area contributed by atoms with Gasteiger partial charge in [-0.25, -0.2) is 0 Å². The first-order valence-electron chi connectivity index (χ1n) is 14.1. The van der Waals surface area contributed by atoms with Gasteiger partial charge in [-0.2, -0.15) is 0 Å². The van der Waals surface area contributed by atoms with Gasteiger partial charge in [0.1, 0.15) is 23.0 Å². The van der Waals surface area contributed by atoms with E-state index >= 15 is 0 Å². The van der Waals surface area contributed by atoms with Crippen LogP contribution >= 0.6 is 0 Å². The molecule has 7 rings (SSSR count). The molecule has 0 amide bonds. The van der Waals surface area contributed by atoms with Crippen LogP contribution in [0.25, 0.3) is 6.08 Å². The molecule has 0 bridgehead atoms. The van der Waals surface area contributed by atoms with Crippen LogP contribution in [0.3, 0.4) is 0 Å². The molecule has 4 aromatic rings. The van der Waals surface area contributed by atoms with Crippen molar-refractivity contribution < 1.29 is 28.8 Å². The van der Waals surface area contributed by atoms with Crippen LogP contribution in [0.15, 0.2) is 97.1 Å². The zero-order chi connectivity index (χ0) is 30.7. The molecule has 218 valence electrons. The predicted molar refractivity (Wildman–Crippen MR) is 163 cm³/mol. The number of hydrogen-bond donors (Lipinski definition) is 0. The Bertz CT molecular complexity index is 1890. The van der Waals surface area contributed by atoms with Crippen molar-refractivity contribution in [2.75, 3.05) is 19.1 Å². The van der Waals surface area contributed by atoms with Crippen LogP contribution in [-0.2, 0) is 0 Å². The molecule has 0 unspecified atom stereocenters. The van der Waals surface area contributed by atoms with Crippen LogP contribution < -0.4 is 14.4 Å². The van der Waals surface area contributed by atoms with Crippen molar-refractivity contribution in [3.05, 3.63) is 135 Å². The molecule has 2 heterocycles. The third-order valence-electron chi connectivity index (χ3n) is 9.10. The van der Waals surface area contributed by atoms with Gasteiger partial charge in [-0.05, 0) is 29.8 Å². The summed E-state index contributed by atoms with van der Waals surface area (Å²) < 4.78 is 11.4. The monoisotopic (exact) mass is 586 g/mol. The van der Waals surface area contributed by atoms with Gasteiger partial charge in [0.2, 0.25) is 0 Å². The first-order chi connectivity index (χ1) is 21.3. The maximum Gasteiger partial charge on any atom is 0.270 e. The van der Waals surface area contributed by atoms with E-state index in [-0.39, 0.29) is 22.8 Å². The third-order valence-corrected chi connectivity index (χ3v) is 9.10. The standard InChI is InChI=1S/C35H26N2O7/c1-43-23-15-16-28(44-2)26(19-23)30-31(32(38)21-9-7-10-22(18-21)37(41)42)36-27-13-6-3-8-20(27)14-17-29(36)35(30)33(39)24-11-4-5-12-25(24)34(35)40/h3-19,29-31H,1-2H3/t29-,30+,31-/m1/s1. The van der Waals surface area contributed by atoms with Crippen molar-refractivity contribution in [1.29, 1.82) is 0 Å². The van der Waals surface area contributed by atoms with Crippen molar-refractivity contribution in [2.45, 2.75) is 18.0 Å². The van der Waals surface area contributed by atoms with Crippen LogP contribution in [0.2, 0.25) is 0 Å². The molecule has 0 radical (unpaired) electrons. The molecule has 3 aliphatic rings. The number of carbonyl (C=O) groups is 3. The number of non-ortho nitro benzene ring substituents is 1. The molecule has 9 nitrogen and oxygen atoms in total. The Hall–Kier alpha value is -5.57. The lowest BCUT2D eigenvalue weighted by atomic mass is 9.64. The number of hydrogen-bond acceptors (Lipinski definition) is 8. The van der Waals surface area contributed by atoms with Crippen molar-refractivity contribution >= 4 is 34.8 Å². The molecular formula is C35H26N2O7. The number of ether oxygens (including phenoxy) is 2. The summed E-state index contributed by atoms with van der Waals surface area (Å²) in [5.74, 6) is -1.48. The summed E-state index contributed by atoms with van der Waals surface area (Å²) in [6, 6.07) is 22.8. The number of nitro groups is 1. The Morgan fingerprint density at radius 1 is 0.864 bits per heavy atom. The third kappa shape index (κ3) is 3.62. The molecule has 2 aliphatic heterocycles. The number of methoxy groups -OCH3 is 2. The minimum Gasteiger partial charge on any atom is -0.497 e. The minimum atomic E-state index is -1.76. The Morgan fingerprint density at radius 3 is 2.25 bits per heavy atom. The summed E-state index contributed by atoms with van der Waals surface area (Å²) in [6.07, 6.45) is 3.70. The normalized spacial score (nSPS) is 20.7. The van der Waals surface area contributed by atoms with E-state index in [9.17, 15) is 24.5 Å². The van der Waals surface area contributed by atoms with Gasteiger partial charge in [0.15, 0.2) is 17.3 Å². The van der Waals surface area contributed by atoms with Gasteiger partial charge >= 0.3 is 0 Å². The van der Waals surface area contributed by atoms with E-state index in [4.69, 9.17) is 9.47 Å². The molecule has 44 heavy (non-hydrogen) atoms. The summed E-state index contributed by atoms with van der Waals surface area (Å²) in [4.78, 5) is 57.5. The quantitative estimate of drug-likeness (QED) is 0.118. The van der Waals surface area contributed by atoms with Crippen molar-refractivity contribution in [1.82, 2.24) is 0 Å². The van der Waals surface area contributed by atoms with Crippen LogP contribution in [0.4, 0.5) is 11.4 Å². The lowest BCUT2D eigenvalue weighted by Crippen LogP contribution is -2.48. The highest BCUT2D eigenvalue weighted by Crippen LogP contribution is 2.62. The van der Waals surface area contributed by atoms with E-state index in [0.717, 1.165) is 5.56 Å². The van der Waals surface area contributed by atoms with E-state index in [1.807, 2.05) is 41.3 Å². The van der Waals surface area contributed by atoms with Crippen molar-refractivity contribution in [2.24, 2.45) is 5.41 Å². The zero-order valence-electron chi connectivity index (χ0n) is 23.8. The molecule has 0 N–H and O–H groups in total. The number of nitrogens with zero attached hydrogens (tertiary/aromatic N) is 2. The molecule has 0 aromatic heterocycles. The minimum absolute atomic E-state index is 0.0920. The van der Waals surface area contributed by atoms with E-state index in [2.05, 4.69) is 0 Å². The zero-order valence-corrected chi connectivity index (χ0v) is 23.8. The number of fused-ring (bicyclic) bond motifs is 5. The van der Waals surface area contributed by atoms with Gasteiger partial charge in [-0.15, -0.1) is 0 Å². The highest BCUT2D eigenvalue weighted by Gasteiger charge is 2.72. The number of benzene rings is 4. The molecule has 1 saturated heterocycles. The van der Waals surface area contributed by atoms with Gasteiger partial charge in [0.25, 0.3) is 5.69 Å². The summed E-state index contributed by atoms with van der Waals surface area (Å²) in [7, 11) is 2.99. The fourth-order valence-electron chi connectivity index (χ4n) is 7.29. The van der Waals surface area contributed by atoms with E-state index in [1.54, 1.807) is 42.5 Å². The highest BCUT2D eigenvalue weighted by molar-refractivity contribution is 6.32. The molecule has 4 aromatic carbocycles. The maximum absolute atomic E-state index is 14.9. The lowest BCUT2D eigenvalue weighted by Gasteiger charge is -2.37. The van der Waals surface area contributed by atoms with Crippen LogP contribution in [0, 0.1) is 15.5 Å². The number of Topliss-reactive ketones (excluding diaryl/α,β-unsaturated/α-hetero) is 3. The summed E-state index contributed by atoms with van der Waals surface area (Å²) in [5, 5.41) is 11.7. The van der Waals surface area contributed by atoms with Crippen molar-refractivity contribution in [3.8, 4) is 11.5 Å². The van der Waals surface area contributed by atoms with Crippen molar-refractivity contribution in [3.63, 3.8) is 0 Å². The maximum atomic E-state index is 14.9. The molecular weight excluding hydrogens is 560 g/mol. The van der Waals surface area contributed by atoms with Crippen LogP contribution in [-0.4, -0.2) is 48.6 Å². The number of para-hydroxylation sites is 1. The van der Waals surface area contributed by atoms with E-state index in [0.29, 0.717) is 33.9 Å².